The molecule has 0 aromatic carbocycles. The van der Waals surface area contributed by atoms with Crippen molar-refractivity contribution in [1.29, 1.82) is 0 Å². The number of anilines is 1. The molecule has 0 amide bonds. The quantitative estimate of drug-likeness (QED) is 0.808. The van der Waals surface area contributed by atoms with E-state index in [-0.39, 0.29) is 0 Å². The molecule has 1 aliphatic rings. The highest BCUT2D eigenvalue weighted by atomic mass is 32.1. The van der Waals surface area contributed by atoms with Crippen molar-refractivity contribution < 1.29 is 9.90 Å². The summed E-state index contributed by atoms with van der Waals surface area (Å²) < 4.78 is 0. The molecule has 2 rings (SSSR count). The molecule has 0 radical (unpaired) electrons. The van der Waals surface area contributed by atoms with E-state index in [0.29, 0.717) is 11.5 Å². The number of carboxylic acid groups (broad SMARTS) is 1. The molecule has 1 heterocycles. The smallest absolute Gasteiger partial charge is 0.338 e. The van der Waals surface area contributed by atoms with Crippen molar-refractivity contribution >= 4 is 22.3 Å². The standard InChI is InChI=1S/C10H13NO2S/c1-11-9-8(10(12)13)7(5-14-9)6-3-2-4-6/h5-6,11H,2-4H2,1H3,(H,12,13). The summed E-state index contributed by atoms with van der Waals surface area (Å²) in [5, 5.41) is 14.8. The molecule has 0 saturated heterocycles. The van der Waals surface area contributed by atoms with Gasteiger partial charge < -0.3 is 10.4 Å². The minimum Gasteiger partial charge on any atom is -0.478 e. The average molecular weight is 211 g/mol. The van der Waals surface area contributed by atoms with Crippen LogP contribution in [0.2, 0.25) is 0 Å². The van der Waals surface area contributed by atoms with Crippen molar-refractivity contribution in [2.75, 3.05) is 12.4 Å². The van der Waals surface area contributed by atoms with E-state index in [9.17, 15) is 4.79 Å². The lowest BCUT2D eigenvalue weighted by Crippen LogP contribution is -2.12. The number of aromatic carboxylic acids is 1. The van der Waals surface area contributed by atoms with Crippen LogP contribution in [-0.4, -0.2) is 18.1 Å². The summed E-state index contributed by atoms with van der Waals surface area (Å²) in [5.41, 5.74) is 1.51. The highest BCUT2D eigenvalue weighted by Crippen LogP contribution is 2.42. The van der Waals surface area contributed by atoms with Gasteiger partial charge in [0, 0.05) is 7.05 Å². The van der Waals surface area contributed by atoms with E-state index >= 15 is 0 Å². The third-order valence-corrected chi connectivity index (χ3v) is 3.82. The molecule has 3 nitrogen and oxygen atoms in total. The molecule has 0 atom stereocenters. The zero-order valence-corrected chi connectivity index (χ0v) is 8.86. The lowest BCUT2D eigenvalue weighted by molar-refractivity contribution is 0.0696. The average Bonchev–Trinajstić information content (AvgIpc) is 2.44. The van der Waals surface area contributed by atoms with Gasteiger partial charge in [0.2, 0.25) is 0 Å². The van der Waals surface area contributed by atoms with Gasteiger partial charge in [-0.1, -0.05) is 6.42 Å². The maximum Gasteiger partial charge on any atom is 0.338 e. The molecule has 1 aromatic rings. The van der Waals surface area contributed by atoms with Crippen LogP contribution in [0.25, 0.3) is 0 Å². The molecule has 0 bridgehead atoms. The van der Waals surface area contributed by atoms with Gasteiger partial charge in [0.25, 0.3) is 0 Å². The second kappa shape index (κ2) is 3.61. The SMILES string of the molecule is CNc1scc(C2CCC2)c1C(=O)O. The summed E-state index contributed by atoms with van der Waals surface area (Å²) in [7, 11) is 1.77. The second-order valence-corrected chi connectivity index (χ2v) is 4.46. The predicted octanol–water partition coefficient (Wildman–Crippen LogP) is 2.76. The maximum absolute atomic E-state index is 11.1. The number of nitrogens with one attached hydrogen (secondary N) is 1. The van der Waals surface area contributed by atoms with Crippen molar-refractivity contribution in [3.63, 3.8) is 0 Å². The number of carbonyl (C=O) groups is 1. The maximum atomic E-state index is 11.1. The molecule has 4 heteroatoms. The van der Waals surface area contributed by atoms with Gasteiger partial charge in [-0.3, -0.25) is 0 Å². The van der Waals surface area contributed by atoms with E-state index in [1.54, 1.807) is 7.05 Å². The van der Waals surface area contributed by atoms with Gasteiger partial charge >= 0.3 is 5.97 Å². The molecule has 1 aliphatic carbocycles. The van der Waals surface area contributed by atoms with Crippen LogP contribution < -0.4 is 5.32 Å². The van der Waals surface area contributed by atoms with Gasteiger partial charge in [0.15, 0.2) is 0 Å². The van der Waals surface area contributed by atoms with Crippen molar-refractivity contribution in [2.24, 2.45) is 0 Å². The van der Waals surface area contributed by atoms with E-state index < -0.39 is 5.97 Å². The predicted molar refractivity (Wildman–Crippen MR) is 57.4 cm³/mol. The van der Waals surface area contributed by atoms with Crippen LogP contribution in [0.5, 0.6) is 0 Å². The molecule has 1 saturated carbocycles. The van der Waals surface area contributed by atoms with Crippen LogP contribution in [0.3, 0.4) is 0 Å². The van der Waals surface area contributed by atoms with Crippen LogP contribution in [-0.2, 0) is 0 Å². The van der Waals surface area contributed by atoms with Crippen molar-refractivity contribution in [1.82, 2.24) is 0 Å². The van der Waals surface area contributed by atoms with Crippen LogP contribution in [0, 0.1) is 0 Å². The minimum atomic E-state index is -0.808. The Hall–Kier alpha value is -1.03. The van der Waals surface area contributed by atoms with Gasteiger partial charge in [-0.05, 0) is 29.7 Å². The summed E-state index contributed by atoms with van der Waals surface area (Å²) >= 11 is 1.49. The molecule has 76 valence electrons. The highest BCUT2D eigenvalue weighted by Gasteiger charge is 2.27. The molecular formula is C10H13NO2S. The minimum absolute atomic E-state index is 0.486. The Morgan fingerprint density at radius 1 is 1.64 bits per heavy atom. The summed E-state index contributed by atoms with van der Waals surface area (Å²) in [4.78, 5) is 11.1. The zero-order valence-electron chi connectivity index (χ0n) is 8.04. The van der Waals surface area contributed by atoms with E-state index in [2.05, 4.69) is 5.32 Å². The van der Waals surface area contributed by atoms with E-state index in [1.807, 2.05) is 5.38 Å². The van der Waals surface area contributed by atoms with Gasteiger partial charge in [0.05, 0.1) is 5.56 Å². The van der Waals surface area contributed by atoms with Gasteiger partial charge in [-0.2, -0.15) is 0 Å². The summed E-state index contributed by atoms with van der Waals surface area (Å²) in [5.74, 6) is -0.322. The Morgan fingerprint density at radius 2 is 2.36 bits per heavy atom. The molecule has 0 spiro atoms. The summed E-state index contributed by atoms with van der Waals surface area (Å²) in [6.07, 6.45) is 3.51. The first kappa shape index (κ1) is 9.52. The fourth-order valence-corrected chi connectivity index (χ4v) is 2.79. The van der Waals surface area contributed by atoms with Gasteiger partial charge in [-0.15, -0.1) is 11.3 Å². The van der Waals surface area contributed by atoms with Crippen LogP contribution in [0.4, 0.5) is 5.00 Å². The molecule has 1 aromatic heterocycles. The van der Waals surface area contributed by atoms with E-state index in [1.165, 1.54) is 17.8 Å². The zero-order chi connectivity index (χ0) is 10.1. The Labute approximate surface area is 86.8 Å². The fraction of sp³-hybridized carbons (Fsp3) is 0.500. The first-order valence-electron chi connectivity index (χ1n) is 4.76. The third-order valence-electron chi connectivity index (χ3n) is 2.81. The molecule has 0 aliphatic heterocycles. The van der Waals surface area contributed by atoms with Crippen LogP contribution in [0.15, 0.2) is 5.38 Å². The first-order valence-corrected chi connectivity index (χ1v) is 5.64. The second-order valence-electron chi connectivity index (χ2n) is 3.58. The number of thiophene rings is 1. The topological polar surface area (TPSA) is 49.3 Å². The molecule has 14 heavy (non-hydrogen) atoms. The fourth-order valence-electron chi connectivity index (χ4n) is 1.80. The summed E-state index contributed by atoms with van der Waals surface area (Å²) in [6, 6.07) is 0. The molecule has 1 fully saturated rings. The molecule has 2 N–H and O–H groups in total. The molecular weight excluding hydrogens is 198 g/mol. The summed E-state index contributed by atoms with van der Waals surface area (Å²) in [6.45, 7) is 0. The Kier molecular flexibility index (Phi) is 2.46. The van der Waals surface area contributed by atoms with E-state index in [0.717, 1.165) is 23.4 Å². The molecule has 0 unspecified atom stereocenters. The highest BCUT2D eigenvalue weighted by molar-refractivity contribution is 7.14. The normalized spacial score (nSPS) is 16.4. The van der Waals surface area contributed by atoms with Crippen LogP contribution >= 0.6 is 11.3 Å². The number of rotatable bonds is 3. The number of hydrogen-bond acceptors (Lipinski definition) is 3. The van der Waals surface area contributed by atoms with Crippen LogP contribution in [0.1, 0.15) is 41.1 Å². The van der Waals surface area contributed by atoms with Crippen molar-refractivity contribution in [3.8, 4) is 0 Å². The Bertz CT molecular complexity index is 355. The number of carboxylic acids is 1. The Balaban J connectivity index is 2.38. The van der Waals surface area contributed by atoms with Gasteiger partial charge in [-0.25, -0.2) is 4.79 Å². The van der Waals surface area contributed by atoms with Gasteiger partial charge in [0.1, 0.15) is 5.00 Å². The first-order chi connectivity index (χ1) is 6.74. The lowest BCUT2D eigenvalue weighted by Gasteiger charge is -2.25. The third kappa shape index (κ3) is 1.39. The van der Waals surface area contributed by atoms with Crippen molar-refractivity contribution in [3.05, 3.63) is 16.5 Å². The monoisotopic (exact) mass is 211 g/mol. The van der Waals surface area contributed by atoms with E-state index in [4.69, 9.17) is 5.11 Å². The number of hydrogen-bond donors (Lipinski definition) is 2. The Morgan fingerprint density at radius 3 is 2.79 bits per heavy atom. The largest absolute Gasteiger partial charge is 0.478 e. The van der Waals surface area contributed by atoms with Crippen molar-refractivity contribution in [2.45, 2.75) is 25.2 Å². The lowest BCUT2D eigenvalue weighted by atomic mass is 9.79.